The first-order chi connectivity index (χ1) is 15.3. The summed E-state index contributed by atoms with van der Waals surface area (Å²) < 4.78 is 33.8. The van der Waals surface area contributed by atoms with Gasteiger partial charge in [-0.3, -0.25) is 4.79 Å². The molecule has 7 nitrogen and oxygen atoms in total. The van der Waals surface area contributed by atoms with Crippen LogP contribution in [0, 0.1) is 13.8 Å². The summed E-state index contributed by atoms with van der Waals surface area (Å²) in [6, 6.07) is 8.84. The Morgan fingerprint density at radius 3 is 2.59 bits per heavy atom. The number of hydrogen-bond acceptors (Lipinski definition) is 6. The van der Waals surface area contributed by atoms with Gasteiger partial charge in [-0.25, -0.2) is 13.4 Å². The lowest BCUT2D eigenvalue weighted by Crippen LogP contribution is -2.32. The van der Waals surface area contributed by atoms with Crippen molar-refractivity contribution in [1.82, 2.24) is 9.29 Å². The Kier molecular flexibility index (Phi) is 6.78. The van der Waals surface area contributed by atoms with Crippen LogP contribution in [0.1, 0.15) is 42.7 Å². The number of anilines is 1. The van der Waals surface area contributed by atoms with Gasteiger partial charge >= 0.3 is 0 Å². The van der Waals surface area contributed by atoms with Crippen LogP contribution in [-0.2, 0) is 21.2 Å². The summed E-state index contributed by atoms with van der Waals surface area (Å²) in [5.41, 5.74) is 1.68. The van der Waals surface area contributed by atoms with Crippen LogP contribution < -0.4 is 5.32 Å². The lowest BCUT2D eigenvalue weighted by atomic mass is 10.2. The molecular weight excluding hydrogens is 446 g/mol. The summed E-state index contributed by atoms with van der Waals surface area (Å²) in [7, 11) is -3.61. The second kappa shape index (κ2) is 9.56. The highest BCUT2D eigenvalue weighted by atomic mass is 32.2. The summed E-state index contributed by atoms with van der Waals surface area (Å²) in [6.07, 6.45) is 3.90. The smallest absolute Gasteiger partial charge is 0.243 e. The average Bonchev–Trinajstić information content (AvgIpc) is 3.31. The number of rotatable bonds is 6. The molecule has 0 bridgehead atoms. The third kappa shape index (κ3) is 4.95. The Morgan fingerprint density at radius 2 is 1.91 bits per heavy atom. The van der Waals surface area contributed by atoms with Crippen LogP contribution in [0.4, 0.5) is 5.69 Å². The monoisotopic (exact) mass is 473 g/mol. The van der Waals surface area contributed by atoms with Gasteiger partial charge in [0.25, 0.3) is 0 Å². The molecule has 9 heteroatoms. The molecule has 1 saturated heterocycles. The van der Waals surface area contributed by atoms with Crippen LogP contribution in [0.25, 0.3) is 10.8 Å². The van der Waals surface area contributed by atoms with Crippen molar-refractivity contribution < 1.29 is 17.6 Å². The number of nitrogens with zero attached hydrogens (tertiary/aromatic N) is 2. The minimum absolute atomic E-state index is 0.0444. The molecule has 32 heavy (non-hydrogen) atoms. The van der Waals surface area contributed by atoms with Gasteiger partial charge in [-0.15, -0.1) is 11.3 Å². The maximum Gasteiger partial charge on any atom is 0.243 e. The number of nitrogens with one attached hydrogen (secondary N) is 1. The molecule has 1 aliphatic rings. The predicted molar refractivity (Wildman–Crippen MR) is 125 cm³/mol. The molecule has 0 aliphatic carbocycles. The molecule has 1 N–H and O–H groups in total. The number of aryl methyl sites for hydroxylation is 2. The van der Waals surface area contributed by atoms with E-state index in [9.17, 15) is 13.2 Å². The lowest BCUT2D eigenvalue weighted by Gasteiger charge is -2.21. The molecule has 1 fully saturated rings. The van der Waals surface area contributed by atoms with Crippen molar-refractivity contribution in [3.63, 3.8) is 0 Å². The zero-order valence-electron chi connectivity index (χ0n) is 18.3. The Morgan fingerprint density at radius 1 is 1.16 bits per heavy atom. The molecule has 2 aromatic heterocycles. The highest BCUT2D eigenvalue weighted by Crippen LogP contribution is 2.28. The number of oxazole rings is 1. The van der Waals surface area contributed by atoms with E-state index < -0.39 is 10.0 Å². The fraction of sp³-hybridized carbons (Fsp3) is 0.391. The Bertz CT molecular complexity index is 1190. The normalized spacial score (nSPS) is 15.4. The summed E-state index contributed by atoms with van der Waals surface area (Å²) in [5, 5.41) is 4.76. The van der Waals surface area contributed by atoms with Crippen molar-refractivity contribution in [2.75, 3.05) is 18.4 Å². The van der Waals surface area contributed by atoms with E-state index in [2.05, 4.69) is 10.3 Å². The van der Waals surface area contributed by atoms with E-state index in [1.165, 1.54) is 11.3 Å². The van der Waals surface area contributed by atoms with Crippen LogP contribution >= 0.6 is 11.3 Å². The number of amides is 1. The highest BCUT2D eigenvalue weighted by Gasteiger charge is 2.27. The summed E-state index contributed by atoms with van der Waals surface area (Å²) in [6.45, 7) is 4.64. The summed E-state index contributed by atoms with van der Waals surface area (Å²) >= 11 is 1.52. The molecule has 1 amide bonds. The standard InChI is InChI=1S/C23H27N3O4S2/c1-16-9-10-18(14-21(16)32(28,29)26-11-5-3-4-6-12-26)24-22(27)15-19-17(2)30-23(25-19)20-8-7-13-31-20/h7-10,13-14H,3-6,11-12,15H2,1-2H3,(H,24,27). The number of aromatic nitrogens is 1. The molecule has 0 atom stereocenters. The molecular formula is C23H27N3O4S2. The quantitative estimate of drug-likeness (QED) is 0.557. The van der Waals surface area contributed by atoms with Crippen molar-refractivity contribution >= 4 is 33.0 Å². The van der Waals surface area contributed by atoms with E-state index >= 15 is 0 Å². The molecule has 1 aromatic carbocycles. The fourth-order valence-corrected chi connectivity index (χ4v) is 6.25. The molecule has 0 saturated carbocycles. The van der Waals surface area contributed by atoms with Crippen molar-refractivity contribution in [3.8, 4) is 10.8 Å². The van der Waals surface area contributed by atoms with Gasteiger partial charge in [0.2, 0.25) is 21.8 Å². The first-order valence-electron chi connectivity index (χ1n) is 10.8. The second-order valence-electron chi connectivity index (χ2n) is 8.02. The van der Waals surface area contributed by atoms with Crippen molar-refractivity contribution in [3.05, 3.63) is 52.7 Å². The Labute approximate surface area is 192 Å². The lowest BCUT2D eigenvalue weighted by molar-refractivity contribution is -0.115. The number of carbonyl (C=O) groups excluding carboxylic acids is 1. The Balaban J connectivity index is 1.50. The molecule has 4 rings (SSSR count). The topological polar surface area (TPSA) is 92.5 Å². The van der Waals surface area contributed by atoms with E-state index in [0.717, 1.165) is 30.6 Å². The van der Waals surface area contributed by atoms with Crippen LogP contribution in [0.15, 0.2) is 45.0 Å². The van der Waals surface area contributed by atoms with Crippen LogP contribution in [-0.4, -0.2) is 36.7 Å². The van der Waals surface area contributed by atoms with Gasteiger partial charge in [0.1, 0.15) is 5.76 Å². The summed E-state index contributed by atoms with van der Waals surface area (Å²) in [4.78, 5) is 18.3. The molecule has 0 unspecified atom stereocenters. The van der Waals surface area contributed by atoms with Crippen molar-refractivity contribution in [2.24, 2.45) is 0 Å². The minimum Gasteiger partial charge on any atom is -0.440 e. The number of sulfonamides is 1. The maximum atomic E-state index is 13.2. The zero-order chi connectivity index (χ0) is 22.7. The van der Waals surface area contributed by atoms with Gasteiger partial charge < -0.3 is 9.73 Å². The molecule has 0 spiro atoms. The first-order valence-corrected chi connectivity index (χ1v) is 13.1. The third-order valence-electron chi connectivity index (χ3n) is 5.61. The van der Waals surface area contributed by atoms with Gasteiger partial charge in [0, 0.05) is 18.8 Å². The molecule has 3 aromatic rings. The third-order valence-corrected chi connectivity index (χ3v) is 8.51. The van der Waals surface area contributed by atoms with Gasteiger partial charge in [-0.2, -0.15) is 4.31 Å². The average molecular weight is 474 g/mol. The SMILES string of the molecule is Cc1ccc(NC(=O)Cc2nc(-c3cccs3)oc2C)cc1S(=O)(=O)N1CCCCCC1. The predicted octanol–water partition coefficient (Wildman–Crippen LogP) is 4.77. The zero-order valence-corrected chi connectivity index (χ0v) is 19.9. The maximum absolute atomic E-state index is 13.2. The van der Waals surface area contributed by atoms with Crippen LogP contribution in [0.5, 0.6) is 0 Å². The van der Waals surface area contributed by atoms with Gasteiger partial charge in [0.05, 0.1) is 21.9 Å². The first kappa shape index (κ1) is 22.7. The van der Waals surface area contributed by atoms with E-state index in [1.807, 2.05) is 17.5 Å². The van der Waals surface area contributed by atoms with Gasteiger partial charge in [0.15, 0.2) is 0 Å². The molecule has 0 radical (unpaired) electrons. The fourth-order valence-electron chi connectivity index (χ4n) is 3.83. The van der Waals surface area contributed by atoms with Crippen molar-refractivity contribution in [1.29, 1.82) is 0 Å². The largest absolute Gasteiger partial charge is 0.440 e. The number of hydrogen-bond donors (Lipinski definition) is 1. The highest BCUT2D eigenvalue weighted by molar-refractivity contribution is 7.89. The molecule has 1 aliphatic heterocycles. The molecule has 170 valence electrons. The van der Waals surface area contributed by atoms with Crippen molar-refractivity contribution in [2.45, 2.75) is 50.8 Å². The second-order valence-corrected chi connectivity index (χ2v) is 10.9. The van der Waals surface area contributed by atoms with Crippen LogP contribution in [0.2, 0.25) is 0 Å². The summed E-state index contributed by atoms with van der Waals surface area (Å²) in [5.74, 6) is 0.819. The number of carbonyl (C=O) groups is 1. The van der Waals surface area contributed by atoms with E-state index in [0.29, 0.717) is 41.7 Å². The number of thiophene rings is 1. The number of benzene rings is 1. The van der Waals surface area contributed by atoms with E-state index in [4.69, 9.17) is 4.42 Å². The van der Waals surface area contributed by atoms with Crippen LogP contribution in [0.3, 0.4) is 0 Å². The minimum atomic E-state index is -3.61. The van der Waals surface area contributed by atoms with Gasteiger partial charge in [-0.05, 0) is 55.8 Å². The molecule has 3 heterocycles. The van der Waals surface area contributed by atoms with E-state index in [1.54, 1.807) is 36.4 Å². The van der Waals surface area contributed by atoms with E-state index in [-0.39, 0.29) is 17.2 Å². The van der Waals surface area contributed by atoms with Gasteiger partial charge in [-0.1, -0.05) is 25.0 Å². The Hall–Kier alpha value is -2.49.